The molecule has 5 nitrogen and oxygen atoms in total. The van der Waals surface area contributed by atoms with Gasteiger partial charge in [-0.3, -0.25) is 4.79 Å². The van der Waals surface area contributed by atoms with Gasteiger partial charge in [0.15, 0.2) is 0 Å². The first-order chi connectivity index (χ1) is 14.4. The van der Waals surface area contributed by atoms with Gasteiger partial charge in [-0.05, 0) is 74.4 Å². The third-order valence-corrected chi connectivity index (χ3v) is 6.03. The van der Waals surface area contributed by atoms with Crippen molar-refractivity contribution in [2.24, 2.45) is 0 Å². The van der Waals surface area contributed by atoms with Crippen molar-refractivity contribution in [3.8, 4) is 0 Å². The molecule has 0 aliphatic carbocycles. The molecule has 1 heterocycles. The molecule has 4 rings (SSSR count). The molecule has 0 unspecified atom stereocenters. The minimum Gasteiger partial charge on any atom is -0.308 e. The molecule has 0 saturated carbocycles. The topological polar surface area (TPSA) is 61.4 Å². The predicted molar refractivity (Wildman–Crippen MR) is 123 cm³/mol. The van der Waals surface area contributed by atoms with E-state index in [2.05, 4.69) is 16.7 Å². The molecule has 152 valence electrons. The van der Waals surface area contributed by atoms with Crippen molar-refractivity contribution in [3.63, 3.8) is 0 Å². The standard InChI is InChI=1S/C24H23N3O2S/c1-4-27-20-14-17(25-24(29)26-18-12-15(2)11-16(3)13-18)9-10-22(20)30-21-8-6-5-7-19(21)23(27)28/h5-14H,4H2,1-3H3,(H2,25,26,29). The van der Waals surface area contributed by atoms with E-state index in [1.807, 2.05) is 75.4 Å². The van der Waals surface area contributed by atoms with Crippen LogP contribution in [0, 0.1) is 13.8 Å². The molecule has 2 N–H and O–H groups in total. The van der Waals surface area contributed by atoms with Gasteiger partial charge in [0.2, 0.25) is 0 Å². The fourth-order valence-corrected chi connectivity index (χ4v) is 4.71. The second-order valence-electron chi connectivity index (χ2n) is 7.29. The summed E-state index contributed by atoms with van der Waals surface area (Å²) in [5.41, 5.74) is 5.05. The van der Waals surface area contributed by atoms with Gasteiger partial charge < -0.3 is 15.5 Å². The van der Waals surface area contributed by atoms with E-state index in [-0.39, 0.29) is 11.9 Å². The summed E-state index contributed by atoms with van der Waals surface area (Å²) >= 11 is 1.57. The van der Waals surface area contributed by atoms with Crippen molar-refractivity contribution >= 4 is 40.8 Å². The van der Waals surface area contributed by atoms with E-state index in [1.54, 1.807) is 16.7 Å². The maximum Gasteiger partial charge on any atom is 0.323 e. The fraction of sp³-hybridized carbons (Fsp3) is 0.167. The first kappa shape index (κ1) is 20.0. The molecule has 0 aromatic heterocycles. The van der Waals surface area contributed by atoms with Gasteiger partial charge in [-0.1, -0.05) is 30.0 Å². The summed E-state index contributed by atoms with van der Waals surface area (Å²) in [6, 6.07) is 18.9. The highest BCUT2D eigenvalue weighted by atomic mass is 32.2. The zero-order valence-electron chi connectivity index (χ0n) is 17.2. The van der Waals surface area contributed by atoms with Crippen LogP contribution in [0.25, 0.3) is 0 Å². The zero-order chi connectivity index (χ0) is 21.3. The lowest BCUT2D eigenvalue weighted by atomic mass is 10.1. The lowest BCUT2D eigenvalue weighted by Gasteiger charge is -2.22. The number of urea groups is 1. The lowest BCUT2D eigenvalue weighted by molar-refractivity contribution is 0.0985. The largest absolute Gasteiger partial charge is 0.323 e. The average Bonchev–Trinajstić information content (AvgIpc) is 2.81. The molecule has 1 aliphatic rings. The number of rotatable bonds is 3. The Kier molecular flexibility index (Phi) is 5.50. The number of hydrogen-bond donors (Lipinski definition) is 2. The van der Waals surface area contributed by atoms with Crippen molar-refractivity contribution in [2.75, 3.05) is 22.1 Å². The number of carbonyl (C=O) groups is 2. The second-order valence-corrected chi connectivity index (χ2v) is 8.37. The monoisotopic (exact) mass is 417 g/mol. The highest BCUT2D eigenvalue weighted by Gasteiger charge is 2.26. The van der Waals surface area contributed by atoms with E-state index < -0.39 is 0 Å². The zero-order valence-corrected chi connectivity index (χ0v) is 18.0. The van der Waals surface area contributed by atoms with E-state index >= 15 is 0 Å². The minimum absolute atomic E-state index is 0.0313. The van der Waals surface area contributed by atoms with Gasteiger partial charge in [-0.25, -0.2) is 4.79 Å². The van der Waals surface area contributed by atoms with Gasteiger partial charge in [0, 0.05) is 27.7 Å². The van der Waals surface area contributed by atoms with Crippen LogP contribution in [-0.2, 0) is 0 Å². The van der Waals surface area contributed by atoms with E-state index in [1.165, 1.54) is 0 Å². The van der Waals surface area contributed by atoms with Gasteiger partial charge in [-0.2, -0.15) is 0 Å². The molecule has 1 aliphatic heterocycles. The molecule has 3 aromatic carbocycles. The van der Waals surface area contributed by atoms with Crippen molar-refractivity contribution in [3.05, 3.63) is 77.4 Å². The third kappa shape index (κ3) is 4.04. The summed E-state index contributed by atoms with van der Waals surface area (Å²) in [6.45, 7) is 6.48. The smallest absolute Gasteiger partial charge is 0.308 e. The molecule has 3 aromatic rings. The molecular formula is C24H23N3O2S. The number of aryl methyl sites for hydroxylation is 2. The molecule has 0 spiro atoms. The molecule has 0 bridgehead atoms. The number of anilines is 3. The average molecular weight is 418 g/mol. The van der Waals surface area contributed by atoms with Gasteiger partial charge in [-0.15, -0.1) is 0 Å². The van der Waals surface area contributed by atoms with Crippen LogP contribution in [0.4, 0.5) is 21.9 Å². The third-order valence-electron chi connectivity index (χ3n) is 4.89. The van der Waals surface area contributed by atoms with Crippen molar-refractivity contribution in [1.29, 1.82) is 0 Å². The van der Waals surface area contributed by atoms with Crippen LogP contribution < -0.4 is 15.5 Å². The molecule has 0 atom stereocenters. The minimum atomic E-state index is -0.320. The van der Waals surface area contributed by atoms with Gasteiger partial charge in [0.1, 0.15) is 0 Å². The Balaban J connectivity index is 1.60. The Morgan fingerprint density at radius 1 is 0.900 bits per heavy atom. The van der Waals surface area contributed by atoms with Crippen molar-refractivity contribution in [1.82, 2.24) is 0 Å². The highest BCUT2D eigenvalue weighted by Crippen LogP contribution is 2.42. The van der Waals surface area contributed by atoms with E-state index in [0.29, 0.717) is 17.8 Å². The summed E-state index contributed by atoms with van der Waals surface area (Å²) in [4.78, 5) is 29.3. The summed E-state index contributed by atoms with van der Waals surface area (Å²) in [6.07, 6.45) is 0. The second kappa shape index (κ2) is 8.24. The maximum atomic E-state index is 13.1. The molecule has 0 fully saturated rings. The van der Waals surface area contributed by atoms with Crippen LogP contribution in [-0.4, -0.2) is 18.5 Å². The van der Waals surface area contributed by atoms with Crippen molar-refractivity contribution < 1.29 is 9.59 Å². The number of nitrogens with zero attached hydrogens (tertiary/aromatic N) is 1. The fourth-order valence-electron chi connectivity index (χ4n) is 3.65. The van der Waals surface area contributed by atoms with E-state index in [9.17, 15) is 9.59 Å². The normalized spacial score (nSPS) is 12.6. The highest BCUT2D eigenvalue weighted by molar-refractivity contribution is 7.99. The maximum absolute atomic E-state index is 13.1. The van der Waals surface area contributed by atoms with Crippen molar-refractivity contribution in [2.45, 2.75) is 30.6 Å². The number of fused-ring (bicyclic) bond motifs is 2. The molecule has 6 heteroatoms. The first-order valence-electron chi connectivity index (χ1n) is 9.83. The molecule has 30 heavy (non-hydrogen) atoms. The van der Waals surface area contributed by atoms with Gasteiger partial charge in [0.25, 0.3) is 5.91 Å². The van der Waals surface area contributed by atoms with Crippen LogP contribution in [0.2, 0.25) is 0 Å². The first-order valence-corrected chi connectivity index (χ1v) is 10.7. The van der Waals surface area contributed by atoms with E-state index in [4.69, 9.17) is 0 Å². The SMILES string of the molecule is CCN1C(=O)c2ccccc2Sc2ccc(NC(=O)Nc3cc(C)cc(C)c3)cc21. The van der Waals surface area contributed by atoms with Crippen LogP contribution in [0.3, 0.4) is 0 Å². The van der Waals surface area contributed by atoms with Crippen LogP contribution >= 0.6 is 11.8 Å². The van der Waals surface area contributed by atoms with Crippen LogP contribution in [0.5, 0.6) is 0 Å². The summed E-state index contributed by atoms with van der Waals surface area (Å²) < 4.78 is 0. The predicted octanol–water partition coefficient (Wildman–Crippen LogP) is 6.08. The van der Waals surface area contributed by atoms with Gasteiger partial charge in [0.05, 0.1) is 11.3 Å². The molecular weight excluding hydrogens is 394 g/mol. The molecule has 0 saturated heterocycles. The Morgan fingerprint density at radius 3 is 2.33 bits per heavy atom. The van der Waals surface area contributed by atoms with Crippen LogP contribution in [0.1, 0.15) is 28.4 Å². The number of amides is 3. The Morgan fingerprint density at radius 2 is 1.60 bits per heavy atom. The van der Waals surface area contributed by atoms with Crippen LogP contribution in [0.15, 0.2) is 70.5 Å². The number of nitrogens with one attached hydrogen (secondary N) is 2. The Hall–Kier alpha value is -3.25. The number of carbonyl (C=O) groups excluding carboxylic acids is 2. The summed E-state index contributed by atoms with van der Waals surface area (Å²) in [5, 5.41) is 5.76. The Bertz CT molecular complexity index is 1120. The van der Waals surface area contributed by atoms with Gasteiger partial charge >= 0.3 is 6.03 Å². The van der Waals surface area contributed by atoms with E-state index in [0.717, 1.165) is 32.3 Å². The quantitative estimate of drug-likeness (QED) is 0.543. The number of hydrogen-bond acceptors (Lipinski definition) is 3. The summed E-state index contributed by atoms with van der Waals surface area (Å²) in [7, 11) is 0. The molecule has 3 amide bonds. The number of benzene rings is 3. The molecule has 0 radical (unpaired) electrons. The Labute approximate surface area is 180 Å². The lowest BCUT2D eigenvalue weighted by Crippen LogP contribution is -2.30. The summed E-state index contributed by atoms with van der Waals surface area (Å²) in [5.74, 6) is -0.0313.